The molecule has 0 aliphatic heterocycles. The van der Waals surface area contributed by atoms with Crippen molar-refractivity contribution in [2.24, 2.45) is 11.3 Å². The number of hydrogen-bond donors (Lipinski definition) is 2. The lowest BCUT2D eigenvalue weighted by atomic mass is 9.66. The Hall–Kier alpha value is -1.35. The van der Waals surface area contributed by atoms with Crippen LogP contribution >= 0.6 is 0 Å². The highest BCUT2D eigenvalue weighted by atomic mass is 16.4. The molecule has 1 aliphatic rings. The van der Waals surface area contributed by atoms with E-state index >= 15 is 0 Å². The number of rotatable bonds is 2. The topological polar surface area (TPSA) is 57.5 Å². The fourth-order valence-corrected chi connectivity index (χ4v) is 3.29. The number of benzene rings is 1. The third-order valence-corrected chi connectivity index (χ3v) is 4.63. The van der Waals surface area contributed by atoms with E-state index in [1.54, 1.807) is 12.1 Å². The minimum Gasteiger partial charge on any atom is -0.478 e. The van der Waals surface area contributed by atoms with E-state index in [9.17, 15) is 15.0 Å². The summed E-state index contributed by atoms with van der Waals surface area (Å²) < 4.78 is 0. The zero-order chi connectivity index (χ0) is 14.9. The second-order valence-corrected chi connectivity index (χ2v) is 6.94. The Bertz CT molecular complexity index is 487. The number of carboxylic acid groups (broad SMARTS) is 1. The molecule has 1 saturated carbocycles. The van der Waals surface area contributed by atoms with Gasteiger partial charge < -0.3 is 10.2 Å². The molecule has 0 heterocycles. The fraction of sp³-hybridized carbons (Fsp3) is 0.588. The van der Waals surface area contributed by atoms with E-state index in [1.165, 1.54) is 0 Å². The maximum absolute atomic E-state index is 11.4. The predicted octanol–water partition coefficient (Wildman–Crippen LogP) is 3.68. The first kappa shape index (κ1) is 15.0. The maximum Gasteiger partial charge on any atom is 0.335 e. The second kappa shape index (κ2) is 5.57. The van der Waals surface area contributed by atoms with Gasteiger partial charge in [0.25, 0.3) is 0 Å². The minimum absolute atomic E-state index is 0.0692. The van der Waals surface area contributed by atoms with Crippen LogP contribution in [0.25, 0.3) is 0 Å². The Kier molecular flexibility index (Phi) is 4.19. The van der Waals surface area contributed by atoms with Crippen LogP contribution in [0.15, 0.2) is 24.3 Å². The molecule has 110 valence electrons. The van der Waals surface area contributed by atoms with Crippen LogP contribution in [0.2, 0.25) is 0 Å². The molecule has 0 amide bonds. The average Bonchev–Trinajstić information content (AvgIpc) is 2.38. The first-order valence-corrected chi connectivity index (χ1v) is 7.31. The van der Waals surface area contributed by atoms with Crippen LogP contribution in [0.5, 0.6) is 0 Å². The summed E-state index contributed by atoms with van der Waals surface area (Å²) in [6, 6.07) is 7.08. The van der Waals surface area contributed by atoms with Gasteiger partial charge in [-0.25, -0.2) is 4.79 Å². The Balaban J connectivity index is 2.33. The number of aromatic carboxylic acids is 1. The molecule has 2 N–H and O–H groups in total. The molecule has 0 aromatic heterocycles. The van der Waals surface area contributed by atoms with Gasteiger partial charge in [-0.3, -0.25) is 0 Å². The van der Waals surface area contributed by atoms with E-state index in [4.69, 9.17) is 0 Å². The molecule has 2 rings (SSSR count). The molecule has 3 nitrogen and oxygen atoms in total. The van der Waals surface area contributed by atoms with Crippen LogP contribution in [0.1, 0.15) is 61.9 Å². The predicted molar refractivity (Wildman–Crippen MR) is 78.9 cm³/mol. The van der Waals surface area contributed by atoms with Crippen LogP contribution in [0.4, 0.5) is 0 Å². The molecular formula is C17H24O3. The molecule has 0 bridgehead atoms. The van der Waals surface area contributed by atoms with Gasteiger partial charge in [0.05, 0.1) is 11.7 Å². The third kappa shape index (κ3) is 3.04. The van der Waals surface area contributed by atoms with Crippen molar-refractivity contribution in [1.82, 2.24) is 0 Å². The van der Waals surface area contributed by atoms with Gasteiger partial charge in [-0.2, -0.15) is 0 Å². The molecule has 3 atom stereocenters. The van der Waals surface area contributed by atoms with Crippen LogP contribution in [0, 0.1) is 11.3 Å². The van der Waals surface area contributed by atoms with Crippen LogP contribution in [-0.4, -0.2) is 22.3 Å². The molecule has 20 heavy (non-hydrogen) atoms. The van der Waals surface area contributed by atoms with Crippen molar-refractivity contribution in [2.45, 2.75) is 52.1 Å². The summed E-state index contributed by atoms with van der Waals surface area (Å²) in [4.78, 5) is 11.4. The van der Waals surface area contributed by atoms with Crippen molar-refractivity contribution >= 4 is 5.97 Å². The van der Waals surface area contributed by atoms with Gasteiger partial charge in [-0.05, 0) is 42.2 Å². The molecule has 3 heteroatoms. The standard InChI is InChI=1S/C17H24O3/c1-17(2,3)11-8-9-15(18)14(10-11)12-6-4-5-7-13(12)16(19)20/h4-7,11,14-15,18H,8-10H2,1-3H3,(H,19,20). The summed E-state index contributed by atoms with van der Waals surface area (Å²) in [5.74, 6) is -0.469. The van der Waals surface area contributed by atoms with Crippen molar-refractivity contribution in [2.75, 3.05) is 0 Å². The highest BCUT2D eigenvalue weighted by Crippen LogP contribution is 2.44. The summed E-state index contributed by atoms with van der Waals surface area (Å²) in [6.07, 6.45) is 2.18. The molecule has 0 saturated heterocycles. The van der Waals surface area contributed by atoms with E-state index in [1.807, 2.05) is 12.1 Å². The monoisotopic (exact) mass is 276 g/mol. The van der Waals surface area contributed by atoms with E-state index < -0.39 is 12.1 Å². The summed E-state index contributed by atoms with van der Waals surface area (Å²) >= 11 is 0. The lowest BCUT2D eigenvalue weighted by Gasteiger charge is -2.40. The van der Waals surface area contributed by atoms with Crippen molar-refractivity contribution in [3.8, 4) is 0 Å². The largest absolute Gasteiger partial charge is 0.478 e. The lowest BCUT2D eigenvalue weighted by Crippen LogP contribution is -2.34. The van der Waals surface area contributed by atoms with Crippen LogP contribution in [0.3, 0.4) is 0 Å². The Morgan fingerprint density at radius 1 is 1.20 bits per heavy atom. The molecule has 1 fully saturated rings. The van der Waals surface area contributed by atoms with Crippen molar-refractivity contribution in [3.63, 3.8) is 0 Å². The highest BCUT2D eigenvalue weighted by Gasteiger charge is 2.37. The smallest absolute Gasteiger partial charge is 0.335 e. The first-order valence-electron chi connectivity index (χ1n) is 7.31. The number of aliphatic hydroxyl groups excluding tert-OH is 1. The molecular weight excluding hydrogens is 252 g/mol. The summed E-state index contributed by atoms with van der Waals surface area (Å²) in [5, 5.41) is 19.6. The zero-order valence-electron chi connectivity index (χ0n) is 12.5. The van der Waals surface area contributed by atoms with E-state index in [2.05, 4.69) is 20.8 Å². The van der Waals surface area contributed by atoms with Crippen molar-refractivity contribution in [3.05, 3.63) is 35.4 Å². The lowest BCUT2D eigenvalue weighted by molar-refractivity contribution is 0.0502. The normalized spacial score (nSPS) is 27.3. The Morgan fingerprint density at radius 2 is 1.85 bits per heavy atom. The van der Waals surface area contributed by atoms with Crippen LogP contribution < -0.4 is 0 Å². The van der Waals surface area contributed by atoms with Crippen molar-refractivity contribution in [1.29, 1.82) is 0 Å². The molecule has 1 aromatic rings. The fourth-order valence-electron chi connectivity index (χ4n) is 3.29. The zero-order valence-corrected chi connectivity index (χ0v) is 12.5. The van der Waals surface area contributed by atoms with Crippen molar-refractivity contribution < 1.29 is 15.0 Å². The molecule has 1 aromatic carbocycles. The molecule has 0 radical (unpaired) electrons. The van der Waals surface area contributed by atoms with Gasteiger partial charge >= 0.3 is 5.97 Å². The Labute approximate surface area is 120 Å². The van der Waals surface area contributed by atoms with Gasteiger partial charge in [0, 0.05) is 5.92 Å². The highest BCUT2D eigenvalue weighted by molar-refractivity contribution is 5.89. The van der Waals surface area contributed by atoms with E-state index in [-0.39, 0.29) is 11.3 Å². The number of hydrogen-bond acceptors (Lipinski definition) is 2. The quantitative estimate of drug-likeness (QED) is 0.866. The SMILES string of the molecule is CC(C)(C)C1CCC(O)C(c2ccccc2C(=O)O)C1. The third-order valence-electron chi connectivity index (χ3n) is 4.63. The Morgan fingerprint density at radius 3 is 2.45 bits per heavy atom. The number of carbonyl (C=O) groups is 1. The molecule has 0 spiro atoms. The summed E-state index contributed by atoms with van der Waals surface area (Å²) in [7, 11) is 0. The minimum atomic E-state index is -0.911. The summed E-state index contributed by atoms with van der Waals surface area (Å²) in [6.45, 7) is 6.65. The van der Waals surface area contributed by atoms with Gasteiger partial charge in [-0.1, -0.05) is 39.0 Å². The van der Waals surface area contributed by atoms with Crippen LogP contribution in [-0.2, 0) is 0 Å². The first-order chi connectivity index (χ1) is 9.30. The number of carboxylic acids is 1. The number of aliphatic hydroxyl groups is 1. The van der Waals surface area contributed by atoms with Gasteiger partial charge in [0.15, 0.2) is 0 Å². The van der Waals surface area contributed by atoms with Gasteiger partial charge in [0.2, 0.25) is 0 Å². The van der Waals surface area contributed by atoms with Gasteiger partial charge in [-0.15, -0.1) is 0 Å². The van der Waals surface area contributed by atoms with E-state index in [0.717, 1.165) is 24.8 Å². The molecule has 1 aliphatic carbocycles. The van der Waals surface area contributed by atoms with Gasteiger partial charge in [0.1, 0.15) is 0 Å². The molecule has 3 unspecified atom stereocenters. The maximum atomic E-state index is 11.4. The summed E-state index contributed by atoms with van der Waals surface area (Å²) in [5.41, 5.74) is 1.30. The second-order valence-electron chi connectivity index (χ2n) is 6.94. The average molecular weight is 276 g/mol. The van der Waals surface area contributed by atoms with E-state index in [0.29, 0.717) is 11.5 Å².